The smallest absolute Gasteiger partial charge is 0.351 e. The van der Waals surface area contributed by atoms with Gasteiger partial charge in [-0.05, 0) is 57.9 Å². The standard InChI is InChI=1S/C33H46N4O5S/c1-3-4-5-6-7-8-9-10-11-12-13-14-15-16-17-18-19-20-21-22-29(39)34-27(2)32(40)35-28-23-24-37(33(41)36-28)30-26-43-31(25-38)42-30/h4-5,7-8,10-11,13-14,16-17,19-20,23-24,27,30-31,38H,3,6,9,12,15,18,21-22,25-26H2,1-2H3,(H,34,39)(H,35,36,40,41)/b5-4-,8-7-,11-10-,14-13-,17-16-,20-19-/t27-,30?,31+/m0/s1. The van der Waals surface area contributed by atoms with E-state index >= 15 is 0 Å². The molecule has 9 nitrogen and oxygen atoms in total. The second-order valence-corrected chi connectivity index (χ2v) is 11.0. The number of carbonyl (C=O) groups is 2. The molecule has 3 N–H and O–H groups in total. The first-order chi connectivity index (χ1) is 20.9. The molecule has 1 aliphatic rings. The molecule has 0 radical (unpaired) electrons. The van der Waals surface area contributed by atoms with E-state index in [-0.39, 0.29) is 30.2 Å². The van der Waals surface area contributed by atoms with Crippen molar-refractivity contribution in [2.75, 3.05) is 17.7 Å². The lowest BCUT2D eigenvalue weighted by molar-refractivity contribution is -0.126. The number of rotatable bonds is 19. The molecule has 1 fully saturated rings. The highest BCUT2D eigenvalue weighted by atomic mass is 32.2. The molecule has 2 rings (SSSR count). The number of hydrogen-bond donors (Lipinski definition) is 3. The minimum Gasteiger partial charge on any atom is -0.393 e. The zero-order valence-electron chi connectivity index (χ0n) is 25.3. The first-order valence-corrected chi connectivity index (χ1v) is 16.0. The van der Waals surface area contributed by atoms with Crippen LogP contribution in [-0.2, 0) is 14.3 Å². The molecule has 0 aromatic carbocycles. The minimum atomic E-state index is -0.790. The Bertz CT molecular complexity index is 1220. The van der Waals surface area contributed by atoms with Crippen LogP contribution in [0.5, 0.6) is 0 Å². The third kappa shape index (κ3) is 15.5. The maximum absolute atomic E-state index is 12.5. The predicted octanol–water partition coefficient (Wildman–Crippen LogP) is 5.74. The maximum Gasteiger partial charge on any atom is 0.351 e. The van der Waals surface area contributed by atoms with Crippen molar-refractivity contribution in [2.24, 2.45) is 0 Å². The number of nitrogens with zero attached hydrogens (tertiary/aromatic N) is 2. The Kier molecular flexibility index (Phi) is 18.4. The van der Waals surface area contributed by atoms with E-state index in [2.05, 4.69) is 83.3 Å². The van der Waals surface area contributed by atoms with E-state index < -0.39 is 23.9 Å². The van der Waals surface area contributed by atoms with Crippen molar-refractivity contribution in [2.45, 2.75) is 82.9 Å². The monoisotopic (exact) mass is 610 g/mol. The Balaban J connectivity index is 1.56. The molecule has 234 valence electrons. The third-order valence-corrected chi connectivity index (χ3v) is 7.29. The molecule has 2 amide bonds. The summed E-state index contributed by atoms with van der Waals surface area (Å²) in [5.41, 5.74) is -0.949. The predicted molar refractivity (Wildman–Crippen MR) is 176 cm³/mol. The molecule has 1 aliphatic heterocycles. The first kappa shape index (κ1) is 35.7. The molecule has 0 aliphatic carbocycles. The summed E-state index contributed by atoms with van der Waals surface area (Å²) in [7, 11) is 0. The molecule has 1 unspecified atom stereocenters. The topological polar surface area (TPSA) is 123 Å². The summed E-state index contributed by atoms with van der Waals surface area (Å²) in [4.78, 5) is 40.9. The van der Waals surface area contributed by atoms with Crippen LogP contribution in [0, 0.1) is 0 Å². The SMILES string of the molecule is CC/C=C\C/C=C\C/C=C\C/C=C\C/C=C\C/C=C\CCC(=O)N[C@@H](C)C(=O)Nc1ccn(C2CS[C@H](CO)O2)c(=O)n1. The van der Waals surface area contributed by atoms with E-state index in [1.54, 1.807) is 6.92 Å². The Labute approximate surface area is 259 Å². The van der Waals surface area contributed by atoms with E-state index in [1.807, 2.05) is 12.2 Å². The fourth-order valence-electron chi connectivity index (χ4n) is 3.85. The van der Waals surface area contributed by atoms with Crippen molar-refractivity contribution >= 4 is 29.4 Å². The average Bonchev–Trinajstić information content (AvgIpc) is 3.47. The largest absolute Gasteiger partial charge is 0.393 e. The number of carbonyl (C=O) groups excluding carboxylic acids is 2. The van der Waals surface area contributed by atoms with E-state index in [9.17, 15) is 19.5 Å². The van der Waals surface area contributed by atoms with Gasteiger partial charge in [0.25, 0.3) is 0 Å². The summed E-state index contributed by atoms with van der Waals surface area (Å²) >= 11 is 1.41. The molecular weight excluding hydrogens is 564 g/mol. The molecular formula is C33H46N4O5S. The van der Waals surface area contributed by atoms with Crippen molar-refractivity contribution in [1.82, 2.24) is 14.9 Å². The van der Waals surface area contributed by atoms with Crippen LogP contribution in [0.15, 0.2) is 90.0 Å². The highest BCUT2D eigenvalue weighted by Gasteiger charge is 2.27. The fourth-order valence-corrected chi connectivity index (χ4v) is 4.78. The third-order valence-electron chi connectivity index (χ3n) is 6.18. The lowest BCUT2D eigenvalue weighted by Crippen LogP contribution is -2.42. The summed E-state index contributed by atoms with van der Waals surface area (Å²) < 4.78 is 6.89. The van der Waals surface area contributed by atoms with Gasteiger partial charge in [0.2, 0.25) is 11.8 Å². The van der Waals surface area contributed by atoms with E-state index in [4.69, 9.17) is 4.74 Å². The van der Waals surface area contributed by atoms with Crippen molar-refractivity contribution in [3.63, 3.8) is 0 Å². The normalized spacial score (nSPS) is 18.3. The molecule has 0 spiro atoms. The number of aromatic nitrogens is 2. The summed E-state index contributed by atoms with van der Waals surface area (Å²) in [5.74, 6) is -0.102. The highest BCUT2D eigenvalue weighted by molar-refractivity contribution is 8.00. The molecule has 2 heterocycles. The maximum atomic E-state index is 12.5. The number of allylic oxidation sites excluding steroid dienone is 12. The minimum absolute atomic E-state index is 0.0923. The van der Waals surface area contributed by atoms with Gasteiger partial charge >= 0.3 is 5.69 Å². The van der Waals surface area contributed by atoms with Crippen LogP contribution in [0.3, 0.4) is 0 Å². The zero-order valence-corrected chi connectivity index (χ0v) is 26.1. The summed E-state index contributed by atoms with van der Waals surface area (Å²) in [6.07, 6.45) is 33.1. The van der Waals surface area contributed by atoms with Crippen LogP contribution in [0.2, 0.25) is 0 Å². The van der Waals surface area contributed by atoms with E-state index in [0.29, 0.717) is 12.2 Å². The number of aliphatic hydroxyl groups excluding tert-OH is 1. The second kappa shape index (κ2) is 22.1. The summed E-state index contributed by atoms with van der Waals surface area (Å²) in [6, 6.07) is 0.706. The Morgan fingerprint density at radius 2 is 1.56 bits per heavy atom. The number of amides is 2. The molecule has 1 saturated heterocycles. The van der Waals surface area contributed by atoms with Crippen molar-refractivity contribution in [3.8, 4) is 0 Å². The van der Waals surface area contributed by atoms with Gasteiger partial charge in [0, 0.05) is 18.4 Å². The lowest BCUT2D eigenvalue weighted by atomic mass is 10.2. The highest BCUT2D eigenvalue weighted by Crippen LogP contribution is 2.30. The zero-order chi connectivity index (χ0) is 31.1. The van der Waals surface area contributed by atoms with Gasteiger partial charge < -0.3 is 20.5 Å². The van der Waals surface area contributed by atoms with Gasteiger partial charge in [-0.25, -0.2) is 4.79 Å². The van der Waals surface area contributed by atoms with E-state index in [0.717, 1.165) is 38.5 Å². The Hall–Kier alpha value is -3.47. The van der Waals surface area contributed by atoms with Gasteiger partial charge in [0.05, 0.1) is 6.61 Å². The van der Waals surface area contributed by atoms with Crippen LogP contribution in [0.25, 0.3) is 0 Å². The van der Waals surface area contributed by atoms with Crippen LogP contribution in [0.1, 0.15) is 71.4 Å². The fraction of sp³-hybridized carbons (Fsp3) is 0.455. The Morgan fingerprint density at radius 1 is 1.00 bits per heavy atom. The van der Waals surface area contributed by atoms with Gasteiger partial charge in [0.1, 0.15) is 23.5 Å². The van der Waals surface area contributed by atoms with Crippen molar-refractivity contribution < 1.29 is 19.4 Å². The average molecular weight is 611 g/mol. The number of aliphatic hydroxyl groups is 1. The van der Waals surface area contributed by atoms with Crippen LogP contribution in [-0.4, -0.2) is 50.3 Å². The van der Waals surface area contributed by atoms with Gasteiger partial charge in [-0.15, -0.1) is 11.8 Å². The summed E-state index contributed by atoms with van der Waals surface area (Å²) in [6.45, 7) is 3.58. The van der Waals surface area contributed by atoms with Gasteiger partial charge in [0.15, 0.2) is 0 Å². The van der Waals surface area contributed by atoms with Crippen LogP contribution < -0.4 is 16.3 Å². The molecule has 1 aromatic heterocycles. The number of anilines is 1. The first-order valence-electron chi connectivity index (χ1n) is 14.9. The van der Waals surface area contributed by atoms with Crippen molar-refractivity contribution in [3.05, 3.63) is 95.7 Å². The van der Waals surface area contributed by atoms with Crippen LogP contribution in [0.4, 0.5) is 5.82 Å². The van der Waals surface area contributed by atoms with E-state index in [1.165, 1.54) is 28.6 Å². The molecule has 0 saturated carbocycles. The van der Waals surface area contributed by atoms with Gasteiger partial charge in [-0.1, -0.05) is 79.8 Å². The molecule has 10 heteroatoms. The molecule has 0 bridgehead atoms. The molecule has 43 heavy (non-hydrogen) atoms. The summed E-state index contributed by atoms with van der Waals surface area (Å²) in [5, 5.41) is 14.4. The second-order valence-electron chi connectivity index (χ2n) is 9.77. The molecule has 1 aromatic rings. The van der Waals surface area contributed by atoms with Gasteiger partial charge in [-0.2, -0.15) is 4.98 Å². The van der Waals surface area contributed by atoms with Crippen molar-refractivity contribution in [1.29, 1.82) is 0 Å². The number of hydrogen-bond acceptors (Lipinski definition) is 7. The lowest BCUT2D eigenvalue weighted by Gasteiger charge is -2.15. The number of nitrogens with one attached hydrogen (secondary N) is 2. The molecule has 3 atom stereocenters. The number of ether oxygens (including phenoxy) is 1. The quantitative estimate of drug-likeness (QED) is 0.171. The Morgan fingerprint density at radius 3 is 2.07 bits per heavy atom. The van der Waals surface area contributed by atoms with Crippen LogP contribution >= 0.6 is 11.8 Å². The van der Waals surface area contributed by atoms with Gasteiger partial charge in [-0.3, -0.25) is 14.2 Å². The number of thioether (sulfide) groups is 1.